The summed E-state index contributed by atoms with van der Waals surface area (Å²) in [6.45, 7) is 4.89. The summed E-state index contributed by atoms with van der Waals surface area (Å²) in [5.74, 6) is -0.453. The van der Waals surface area contributed by atoms with E-state index in [9.17, 15) is 4.79 Å². The molecule has 0 aromatic heterocycles. The van der Waals surface area contributed by atoms with Gasteiger partial charge in [-0.1, -0.05) is 0 Å². The SMILES string of the molecule is CCOC(OCC)C1(Cl)CCOC1=O. The second-order valence-electron chi connectivity index (χ2n) is 2.99. The quantitative estimate of drug-likeness (QED) is 0.400. The molecule has 4 nitrogen and oxygen atoms in total. The van der Waals surface area contributed by atoms with Crippen LogP contribution >= 0.6 is 11.6 Å². The Bertz CT molecular complexity index is 203. The normalized spacial score (nSPS) is 27.0. The maximum absolute atomic E-state index is 11.4. The molecule has 0 spiro atoms. The van der Waals surface area contributed by atoms with Gasteiger partial charge in [0.15, 0.2) is 11.2 Å². The molecule has 14 heavy (non-hydrogen) atoms. The van der Waals surface area contributed by atoms with E-state index in [1.165, 1.54) is 0 Å². The Morgan fingerprint density at radius 1 is 1.50 bits per heavy atom. The summed E-state index contributed by atoms with van der Waals surface area (Å²) in [6.07, 6.45) is -0.285. The molecule has 0 aromatic carbocycles. The summed E-state index contributed by atoms with van der Waals surface area (Å²) < 4.78 is 15.4. The van der Waals surface area contributed by atoms with E-state index in [1.54, 1.807) is 0 Å². The molecule has 1 atom stereocenters. The van der Waals surface area contributed by atoms with Gasteiger partial charge in [0.05, 0.1) is 6.61 Å². The zero-order valence-corrected chi connectivity index (χ0v) is 9.17. The van der Waals surface area contributed by atoms with Gasteiger partial charge in [0.2, 0.25) is 0 Å². The van der Waals surface area contributed by atoms with Gasteiger partial charge in [-0.25, -0.2) is 4.79 Å². The van der Waals surface area contributed by atoms with Crippen molar-refractivity contribution in [3.63, 3.8) is 0 Å². The first-order chi connectivity index (χ1) is 6.65. The monoisotopic (exact) mass is 222 g/mol. The van der Waals surface area contributed by atoms with Gasteiger partial charge in [0, 0.05) is 19.6 Å². The fourth-order valence-corrected chi connectivity index (χ4v) is 1.60. The Morgan fingerprint density at radius 2 is 2.07 bits per heavy atom. The van der Waals surface area contributed by atoms with Crippen LogP contribution in [-0.2, 0) is 19.0 Å². The van der Waals surface area contributed by atoms with Crippen molar-refractivity contribution in [3.8, 4) is 0 Å². The summed E-state index contributed by atoms with van der Waals surface area (Å²) in [5, 5.41) is 0. The highest BCUT2D eigenvalue weighted by atomic mass is 35.5. The summed E-state index contributed by atoms with van der Waals surface area (Å²) in [5.41, 5.74) is 0. The molecule has 0 bridgehead atoms. The highest BCUT2D eigenvalue weighted by Gasteiger charge is 2.51. The van der Waals surface area contributed by atoms with Crippen molar-refractivity contribution in [1.29, 1.82) is 0 Å². The third-order valence-corrected chi connectivity index (χ3v) is 2.57. The lowest BCUT2D eigenvalue weighted by Gasteiger charge is -2.27. The van der Waals surface area contributed by atoms with Crippen LogP contribution in [0.15, 0.2) is 0 Å². The van der Waals surface area contributed by atoms with Crippen LogP contribution in [0.3, 0.4) is 0 Å². The molecule has 0 saturated carbocycles. The van der Waals surface area contributed by atoms with Gasteiger partial charge >= 0.3 is 5.97 Å². The molecule has 82 valence electrons. The molecule has 5 heteroatoms. The standard InChI is InChI=1S/C9H15ClO4/c1-3-12-8(13-4-2)9(10)5-6-14-7(9)11/h8H,3-6H2,1-2H3. The van der Waals surface area contributed by atoms with Gasteiger partial charge in [-0.2, -0.15) is 0 Å². The first-order valence-electron chi connectivity index (χ1n) is 4.74. The molecule has 0 radical (unpaired) electrons. The molecule has 1 fully saturated rings. The third-order valence-electron chi connectivity index (χ3n) is 2.05. The minimum atomic E-state index is -1.16. The average Bonchev–Trinajstić information content (AvgIpc) is 2.48. The summed E-state index contributed by atoms with van der Waals surface area (Å²) in [7, 11) is 0. The van der Waals surface area contributed by atoms with E-state index >= 15 is 0 Å². The Morgan fingerprint density at radius 3 is 2.43 bits per heavy atom. The number of cyclic esters (lactones) is 1. The van der Waals surface area contributed by atoms with Crippen molar-refractivity contribution in [2.75, 3.05) is 19.8 Å². The van der Waals surface area contributed by atoms with Crippen LogP contribution < -0.4 is 0 Å². The molecular weight excluding hydrogens is 208 g/mol. The second kappa shape index (κ2) is 4.96. The Balaban J connectivity index is 2.69. The number of esters is 1. The molecule has 1 unspecified atom stereocenters. The Labute approximate surface area is 88.5 Å². The molecule has 0 amide bonds. The lowest BCUT2D eigenvalue weighted by molar-refractivity contribution is -0.172. The molecule has 1 saturated heterocycles. The van der Waals surface area contributed by atoms with Crippen LogP contribution in [-0.4, -0.2) is 37.0 Å². The van der Waals surface area contributed by atoms with Gasteiger partial charge in [-0.15, -0.1) is 11.6 Å². The maximum atomic E-state index is 11.4. The van der Waals surface area contributed by atoms with E-state index in [1.807, 2.05) is 13.8 Å². The van der Waals surface area contributed by atoms with Gasteiger partial charge in [-0.3, -0.25) is 0 Å². The highest BCUT2D eigenvalue weighted by molar-refractivity contribution is 6.35. The lowest BCUT2D eigenvalue weighted by atomic mass is 10.1. The molecule has 1 aliphatic heterocycles. The first kappa shape index (κ1) is 11.8. The fourth-order valence-electron chi connectivity index (χ4n) is 1.34. The number of halogens is 1. The van der Waals surface area contributed by atoms with Gasteiger partial charge in [0.1, 0.15) is 0 Å². The molecule has 0 aliphatic carbocycles. The van der Waals surface area contributed by atoms with Gasteiger partial charge < -0.3 is 14.2 Å². The second-order valence-corrected chi connectivity index (χ2v) is 3.67. The van der Waals surface area contributed by atoms with Crippen molar-refractivity contribution in [2.45, 2.75) is 31.4 Å². The smallest absolute Gasteiger partial charge is 0.332 e. The number of ether oxygens (including phenoxy) is 3. The predicted octanol–water partition coefficient (Wildman–Crippen LogP) is 1.31. The molecule has 0 N–H and O–H groups in total. The largest absolute Gasteiger partial charge is 0.464 e. The van der Waals surface area contributed by atoms with E-state index < -0.39 is 17.1 Å². The van der Waals surface area contributed by atoms with E-state index in [2.05, 4.69) is 0 Å². The van der Waals surface area contributed by atoms with Crippen molar-refractivity contribution in [2.24, 2.45) is 0 Å². The number of alkyl halides is 1. The van der Waals surface area contributed by atoms with Crippen LogP contribution in [0.4, 0.5) is 0 Å². The highest BCUT2D eigenvalue weighted by Crippen LogP contribution is 2.33. The van der Waals surface area contributed by atoms with Gasteiger partial charge in [-0.05, 0) is 13.8 Å². The van der Waals surface area contributed by atoms with Gasteiger partial charge in [0.25, 0.3) is 0 Å². The minimum absolute atomic E-state index is 0.332. The Hall–Kier alpha value is -0.320. The molecule has 1 rings (SSSR count). The van der Waals surface area contributed by atoms with E-state index in [4.69, 9.17) is 25.8 Å². The first-order valence-corrected chi connectivity index (χ1v) is 5.12. The average molecular weight is 223 g/mol. The van der Waals surface area contributed by atoms with Crippen molar-refractivity contribution < 1.29 is 19.0 Å². The minimum Gasteiger partial charge on any atom is -0.464 e. The number of hydrogen-bond donors (Lipinski definition) is 0. The van der Waals surface area contributed by atoms with E-state index in [0.717, 1.165) is 0 Å². The van der Waals surface area contributed by atoms with Crippen LogP contribution in [0.25, 0.3) is 0 Å². The topological polar surface area (TPSA) is 44.8 Å². The van der Waals surface area contributed by atoms with Crippen molar-refractivity contribution in [1.82, 2.24) is 0 Å². The Kier molecular flexibility index (Phi) is 4.16. The zero-order chi connectivity index (χ0) is 10.6. The van der Waals surface area contributed by atoms with Crippen LogP contribution in [0.5, 0.6) is 0 Å². The summed E-state index contributed by atoms with van der Waals surface area (Å²) in [4.78, 5) is 10.2. The summed E-state index contributed by atoms with van der Waals surface area (Å²) in [6, 6.07) is 0. The van der Waals surface area contributed by atoms with Crippen molar-refractivity contribution >= 4 is 17.6 Å². The molecule has 1 aliphatic rings. The molecule has 1 heterocycles. The van der Waals surface area contributed by atoms with Crippen LogP contribution in [0, 0.1) is 0 Å². The van der Waals surface area contributed by atoms with E-state index in [-0.39, 0.29) is 0 Å². The number of rotatable bonds is 5. The number of carbonyl (C=O) groups is 1. The van der Waals surface area contributed by atoms with Crippen LogP contribution in [0.2, 0.25) is 0 Å². The van der Waals surface area contributed by atoms with Crippen molar-refractivity contribution in [3.05, 3.63) is 0 Å². The molecular formula is C9H15ClO4. The molecule has 0 aromatic rings. The van der Waals surface area contributed by atoms with E-state index in [0.29, 0.717) is 26.2 Å². The lowest BCUT2D eigenvalue weighted by Crippen LogP contribution is -2.44. The third kappa shape index (κ3) is 2.19. The van der Waals surface area contributed by atoms with Crippen LogP contribution in [0.1, 0.15) is 20.3 Å². The fraction of sp³-hybridized carbons (Fsp3) is 0.889. The predicted molar refractivity (Wildman–Crippen MR) is 51.2 cm³/mol. The number of hydrogen-bond acceptors (Lipinski definition) is 4. The maximum Gasteiger partial charge on any atom is 0.332 e. The summed E-state index contributed by atoms with van der Waals surface area (Å²) >= 11 is 6.12. The number of carbonyl (C=O) groups excluding carboxylic acids is 1. The zero-order valence-electron chi connectivity index (χ0n) is 8.42.